The Labute approximate surface area is 165 Å². The topological polar surface area (TPSA) is 105 Å². The lowest BCUT2D eigenvalue weighted by atomic mass is 10.2. The summed E-state index contributed by atoms with van der Waals surface area (Å²) in [6.07, 6.45) is 2.98. The van der Waals surface area contributed by atoms with E-state index >= 15 is 0 Å². The van der Waals surface area contributed by atoms with Gasteiger partial charge in [-0.2, -0.15) is 0 Å². The maximum atomic E-state index is 13.2. The molecule has 0 bridgehead atoms. The van der Waals surface area contributed by atoms with Crippen LogP contribution in [0, 0.1) is 12.8 Å². The number of rotatable bonds is 7. The summed E-state index contributed by atoms with van der Waals surface area (Å²) in [4.78, 5) is 28.1. The van der Waals surface area contributed by atoms with Crippen LogP contribution in [0.5, 0.6) is 0 Å². The number of sulfone groups is 1. The SMILES string of the molecule is Cc1ccc(S(=O)(=O)[C@@H](CNC(=O)C(=O)NCC(C)C)c2cccnc2)cc1. The highest BCUT2D eigenvalue weighted by Gasteiger charge is 2.30. The monoisotopic (exact) mass is 403 g/mol. The van der Waals surface area contributed by atoms with Gasteiger partial charge in [-0.25, -0.2) is 8.42 Å². The molecule has 2 rings (SSSR count). The van der Waals surface area contributed by atoms with Crippen LogP contribution in [0.2, 0.25) is 0 Å². The van der Waals surface area contributed by atoms with Gasteiger partial charge in [-0.3, -0.25) is 14.6 Å². The van der Waals surface area contributed by atoms with Crippen molar-refractivity contribution in [1.29, 1.82) is 0 Å². The van der Waals surface area contributed by atoms with Gasteiger partial charge in [0.25, 0.3) is 0 Å². The Morgan fingerprint density at radius 1 is 1.00 bits per heavy atom. The summed E-state index contributed by atoms with van der Waals surface area (Å²) in [6.45, 7) is 5.80. The van der Waals surface area contributed by atoms with Gasteiger partial charge in [0.1, 0.15) is 5.25 Å². The Balaban J connectivity index is 2.23. The van der Waals surface area contributed by atoms with Crippen molar-refractivity contribution in [2.45, 2.75) is 30.9 Å². The van der Waals surface area contributed by atoms with E-state index < -0.39 is 26.9 Å². The number of pyridine rings is 1. The van der Waals surface area contributed by atoms with Gasteiger partial charge in [-0.05, 0) is 36.6 Å². The molecule has 0 fully saturated rings. The van der Waals surface area contributed by atoms with E-state index in [1.807, 2.05) is 20.8 Å². The van der Waals surface area contributed by atoms with Crippen molar-refractivity contribution in [1.82, 2.24) is 15.6 Å². The molecule has 0 aliphatic carbocycles. The first-order valence-corrected chi connectivity index (χ1v) is 10.5. The molecule has 1 aromatic heterocycles. The molecule has 0 aliphatic heterocycles. The molecule has 7 nitrogen and oxygen atoms in total. The number of hydrogen-bond acceptors (Lipinski definition) is 5. The fraction of sp³-hybridized carbons (Fsp3) is 0.350. The molecule has 2 N–H and O–H groups in total. The molecule has 0 radical (unpaired) electrons. The lowest BCUT2D eigenvalue weighted by Gasteiger charge is -2.19. The van der Waals surface area contributed by atoms with E-state index in [2.05, 4.69) is 15.6 Å². The Hall–Kier alpha value is -2.74. The number of aromatic nitrogens is 1. The predicted octanol–water partition coefficient (Wildman–Crippen LogP) is 1.79. The fourth-order valence-electron chi connectivity index (χ4n) is 2.51. The van der Waals surface area contributed by atoms with Gasteiger partial charge in [0, 0.05) is 25.5 Å². The molecule has 1 aromatic carbocycles. The van der Waals surface area contributed by atoms with Crippen molar-refractivity contribution in [3.8, 4) is 0 Å². The maximum Gasteiger partial charge on any atom is 0.309 e. The number of nitrogens with one attached hydrogen (secondary N) is 2. The molecule has 0 spiro atoms. The third kappa shape index (κ3) is 5.63. The standard InChI is InChI=1S/C20H25N3O4S/c1-14(2)11-22-19(24)20(25)23-13-18(16-5-4-10-21-12-16)28(26,27)17-8-6-15(3)7-9-17/h4-10,12,14,18H,11,13H2,1-3H3,(H,22,24)(H,23,25)/t18-/m0/s1. The number of nitrogens with zero attached hydrogens (tertiary/aromatic N) is 1. The molecule has 28 heavy (non-hydrogen) atoms. The van der Waals surface area contributed by atoms with Crippen LogP contribution < -0.4 is 10.6 Å². The lowest BCUT2D eigenvalue weighted by molar-refractivity contribution is -0.139. The van der Waals surface area contributed by atoms with Crippen LogP contribution in [-0.4, -0.2) is 38.3 Å². The van der Waals surface area contributed by atoms with Crippen molar-refractivity contribution < 1.29 is 18.0 Å². The van der Waals surface area contributed by atoms with Crippen LogP contribution in [0.4, 0.5) is 0 Å². The highest BCUT2D eigenvalue weighted by Crippen LogP contribution is 2.28. The first kappa shape index (κ1) is 21.6. The van der Waals surface area contributed by atoms with E-state index in [0.717, 1.165) is 5.56 Å². The van der Waals surface area contributed by atoms with Gasteiger partial charge in [-0.15, -0.1) is 0 Å². The summed E-state index contributed by atoms with van der Waals surface area (Å²) in [5.41, 5.74) is 1.37. The minimum Gasteiger partial charge on any atom is -0.348 e. The van der Waals surface area contributed by atoms with Crippen LogP contribution in [-0.2, 0) is 19.4 Å². The average molecular weight is 404 g/mol. The van der Waals surface area contributed by atoms with Crippen molar-refractivity contribution in [2.75, 3.05) is 13.1 Å². The number of aryl methyl sites for hydroxylation is 1. The zero-order chi connectivity index (χ0) is 20.7. The van der Waals surface area contributed by atoms with Gasteiger partial charge in [0.05, 0.1) is 4.90 Å². The Bertz CT molecular complexity index is 910. The van der Waals surface area contributed by atoms with Crippen LogP contribution >= 0.6 is 0 Å². The van der Waals surface area contributed by atoms with E-state index in [9.17, 15) is 18.0 Å². The van der Waals surface area contributed by atoms with Crippen LogP contribution in [0.1, 0.15) is 30.2 Å². The smallest absolute Gasteiger partial charge is 0.309 e. The second-order valence-electron chi connectivity index (χ2n) is 6.95. The quantitative estimate of drug-likeness (QED) is 0.686. The summed E-state index contributed by atoms with van der Waals surface area (Å²) in [6, 6.07) is 9.76. The van der Waals surface area contributed by atoms with E-state index in [-0.39, 0.29) is 17.4 Å². The van der Waals surface area contributed by atoms with Crippen LogP contribution in [0.15, 0.2) is 53.7 Å². The Morgan fingerprint density at radius 2 is 1.61 bits per heavy atom. The molecule has 0 aliphatic rings. The molecule has 8 heteroatoms. The summed E-state index contributed by atoms with van der Waals surface area (Å²) < 4.78 is 26.3. The third-order valence-corrected chi connectivity index (χ3v) is 6.22. The molecule has 150 valence electrons. The van der Waals surface area contributed by atoms with Crippen molar-refractivity contribution in [3.63, 3.8) is 0 Å². The summed E-state index contributed by atoms with van der Waals surface area (Å²) in [5, 5.41) is 3.88. The van der Waals surface area contributed by atoms with Crippen LogP contribution in [0.3, 0.4) is 0 Å². The molecule has 0 saturated heterocycles. The van der Waals surface area contributed by atoms with E-state index in [1.54, 1.807) is 24.3 Å². The highest BCUT2D eigenvalue weighted by molar-refractivity contribution is 7.91. The molecule has 2 aromatic rings. The fourth-order valence-corrected chi connectivity index (χ4v) is 4.15. The molecular weight excluding hydrogens is 378 g/mol. The van der Waals surface area contributed by atoms with E-state index in [1.165, 1.54) is 24.5 Å². The molecule has 1 atom stereocenters. The zero-order valence-electron chi connectivity index (χ0n) is 16.2. The van der Waals surface area contributed by atoms with Gasteiger partial charge >= 0.3 is 11.8 Å². The third-order valence-electron chi connectivity index (χ3n) is 4.11. The van der Waals surface area contributed by atoms with Crippen LogP contribution in [0.25, 0.3) is 0 Å². The predicted molar refractivity (Wildman–Crippen MR) is 106 cm³/mol. The number of hydrogen-bond donors (Lipinski definition) is 2. The van der Waals surface area contributed by atoms with Crippen molar-refractivity contribution in [2.24, 2.45) is 5.92 Å². The average Bonchev–Trinajstić information content (AvgIpc) is 2.67. The number of benzene rings is 1. The second-order valence-corrected chi connectivity index (χ2v) is 9.08. The van der Waals surface area contributed by atoms with Gasteiger partial charge in [0.15, 0.2) is 9.84 Å². The van der Waals surface area contributed by atoms with Crippen molar-refractivity contribution >= 4 is 21.7 Å². The van der Waals surface area contributed by atoms with Gasteiger partial charge in [-0.1, -0.05) is 37.6 Å². The summed E-state index contributed by atoms with van der Waals surface area (Å²) in [5.74, 6) is -1.46. The minimum absolute atomic E-state index is 0.144. The number of carbonyl (C=O) groups excluding carboxylic acids is 2. The molecule has 0 unspecified atom stereocenters. The normalized spacial score (nSPS) is 12.4. The summed E-state index contributed by atoms with van der Waals surface area (Å²) >= 11 is 0. The van der Waals surface area contributed by atoms with Gasteiger partial charge < -0.3 is 10.6 Å². The first-order valence-electron chi connectivity index (χ1n) is 8.98. The van der Waals surface area contributed by atoms with Gasteiger partial charge in [0.2, 0.25) is 0 Å². The maximum absolute atomic E-state index is 13.2. The molecule has 2 amide bonds. The second kappa shape index (κ2) is 9.45. The lowest BCUT2D eigenvalue weighted by Crippen LogP contribution is -2.43. The molecule has 1 heterocycles. The molecular formula is C20H25N3O4S. The van der Waals surface area contributed by atoms with E-state index in [0.29, 0.717) is 12.1 Å². The van der Waals surface area contributed by atoms with E-state index in [4.69, 9.17) is 0 Å². The largest absolute Gasteiger partial charge is 0.348 e. The summed E-state index contributed by atoms with van der Waals surface area (Å²) in [7, 11) is -3.80. The number of carbonyl (C=O) groups is 2. The van der Waals surface area contributed by atoms with Crippen molar-refractivity contribution in [3.05, 3.63) is 59.9 Å². The Kier molecular flexibility index (Phi) is 7.28. The minimum atomic E-state index is -3.80. The molecule has 0 saturated carbocycles. The zero-order valence-corrected chi connectivity index (χ0v) is 17.0. The first-order chi connectivity index (χ1) is 13.2. The highest BCUT2D eigenvalue weighted by atomic mass is 32.2. The Morgan fingerprint density at radius 3 is 2.14 bits per heavy atom. The number of amides is 2.